The van der Waals surface area contributed by atoms with Crippen molar-refractivity contribution in [3.63, 3.8) is 0 Å². The first-order valence-corrected chi connectivity index (χ1v) is 10.5. The molecule has 0 aromatic heterocycles. The third-order valence-electron chi connectivity index (χ3n) is 6.21. The molecule has 3 rings (SSSR count). The van der Waals surface area contributed by atoms with Crippen molar-refractivity contribution in [2.45, 2.75) is 63.7 Å². The number of aliphatic hydroxyl groups is 1. The molecule has 4 N–H and O–H groups in total. The number of aliphatic hydroxyl groups excluding tert-OH is 1. The van der Waals surface area contributed by atoms with E-state index in [0.717, 1.165) is 25.7 Å². The van der Waals surface area contributed by atoms with Crippen molar-refractivity contribution in [3.05, 3.63) is 33.6 Å². The van der Waals surface area contributed by atoms with Crippen molar-refractivity contribution in [2.24, 2.45) is 17.1 Å². The molecule has 29 heavy (non-hydrogen) atoms. The lowest BCUT2D eigenvalue weighted by atomic mass is 9.76. The van der Waals surface area contributed by atoms with Gasteiger partial charge in [0, 0.05) is 11.5 Å². The summed E-state index contributed by atoms with van der Waals surface area (Å²) in [6.45, 7) is 2.00. The van der Waals surface area contributed by atoms with E-state index in [9.17, 15) is 19.1 Å². The lowest BCUT2D eigenvalue weighted by Crippen LogP contribution is -2.41. The Morgan fingerprint density at radius 3 is 2.59 bits per heavy atom. The Balaban J connectivity index is 1.86. The molecule has 0 aliphatic heterocycles. The quantitative estimate of drug-likeness (QED) is 0.592. The van der Waals surface area contributed by atoms with Gasteiger partial charge in [-0.05, 0) is 43.2 Å². The first kappa shape index (κ1) is 22.1. The van der Waals surface area contributed by atoms with Crippen LogP contribution in [0.3, 0.4) is 0 Å². The number of ether oxygens (including phenoxy) is 1. The average molecular weight is 447 g/mol. The Kier molecular flexibility index (Phi) is 6.61. The molecule has 2 saturated carbocycles. The van der Waals surface area contributed by atoms with Crippen molar-refractivity contribution in [3.8, 4) is 0 Å². The number of benzene rings is 1. The summed E-state index contributed by atoms with van der Waals surface area (Å²) in [4.78, 5) is 24.0. The van der Waals surface area contributed by atoms with E-state index >= 15 is 0 Å². The summed E-state index contributed by atoms with van der Waals surface area (Å²) in [6, 6.07) is 1.96. The number of nitrogens with one attached hydrogen (secondary N) is 1. The zero-order valence-corrected chi connectivity index (χ0v) is 17.6. The molecule has 0 saturated heterocycles. The van der Waals surface area contributed by atoms with Crippen LogP contribution in [0.15, 0.2) is 12.1 Å². The van der Waals surface area contributed by atoms with Gasteiger partial charge in [0.1, 0.15) is 11.9 Å². The predicted molar refractivity (Wildman–Crippen MR) is 107 cm³/mol. The summed E-state index contributed by atoms with van der Waals surface area (Å²) in [5.74, 6) is -1.48. The van der Waals surface area contributed by atoms with Crippen LogP contribution in [0, 0.1) is 17.2 Å². The van der Waals surface area contributed by atoms with Gasteiger partial charge in [0.25, 0.3) is 0 Å². The maximum absolute atomic E-state index is 14.8. The zero-order chi connectivity index (χ0) is 21.3. The molecule has 2 aliphatic rings. The number of carbonyl (C=O) groups excluding carboxylic acids is 2. The first-order valence-electron chi connectivity index (χ1n) is 9.70. The lowest BCUT2D eigenvalue weighted by Gasteiger charge is -2.36. The Bertz CT molecular complexity index is 801. The summed E-state index contributed by atoms with van der Waals surface area (Å²) >= 11 is 12.5. The molecule has 2 amide bonds. The monoisotopic (exact) mass is 446 g/mol. The van der Waals surface area contributed by atoms with Gasteiger partial charge in [-0.1, -0.05) is 43.0 Å². The van der Waals surface area contributed by atoms with E-state index in [4.69, 9.17) is 33.7 Å². The standard InChI is InChI=1S/C20H25Cl2FN2O4/c1-20(6-2-3-7-20)17(15-12(23)5-4-11(21)16(15)22)25-18(27)10-8-13(26)14(9-10)29-19(24)28/h4-5,10,13-14,17,26H,2-3,6-9H2,1H3,(H2,24,28)(H,25,27)/t10?,13-,14-,17?/m1/s1. The van der Waals surface area contributed by atoms with Crippen LogP contribution in [-0.2, 0) is 9.53 Å². The number of halogens is 3. The fraction of sp³-hybridized carbons (Fsp3) is 0.600. The van der Waals surface area contributed by atoms with Crippen LogP contribution >= 0.6 is 23.2 Å². The van der Waals surface area contributed by atoms with Crippen LogP contribution in [0.25, 0.3) is 0 Å². The summed E-state index contributed by atoms with van der Waals surface area (Å²) in [5, 5.41) is 13.3. The number of nitrogens with two attached hydrogens (primary N) is 1. The molecule has 1 aromatic carbocycles. The van der Waals surface area contributed by atoms with Gasteiger partial charge in [-0.15, -0.1) is 0 Å². The smallest absolute Gasteiger partial charge is 0.404 e. The van der Waals surface area contributed by atoms with E-state index in [1.54, 1.807) is 0 Å². The second-order valence-electron chi connectivity index (χ2n) is 8.27. The topological polar surface area (TPSA) is 102 Å². The fourth-order valence-electron chi connectivity index (χ4n) is 4.60. The highest BCUT2D eigenvalue weighted by molar-refractivity contribution is 6.42. The summed E-state index contributed by atoms with van der Waals surface area (Å²) in [6.07, 6.45) is 1.00. The minimum Gasteiger partial charge on any atom is -0.444 e. The molecule has 0 bridgehead atoms. The third-order valence-corrected chi connectivity index (χ3v) is 7.03. The largest absolute Gasteiger partial charge is 0.444 e. The van der Waals surface area contributed by atoms with Gasteiger partial charge < -0.3 is 20.9 Å². The zero-order valence-electron chi connectivity index (χ0n) is 16.1. The maximum Gasteiger partial charge on any atom is 0.404 e. The molecule has 0 heterocycles. The molecule has 160 valence electrons. The van der Waals surface area contributed by atoms with Gasteiger partial charge in [-0.25, -0.2) is 9.18 Å². The fourth-order valence-corrected chi connectivity index (χ4v) is 5.03. The highest BCUT2D eigenvalue weighted by Crippen LogP contribution is 2.50. The minimum atomic E-state index is -1.00. The molecular formula is C20H25Cl2FN2O4. The van der Waals surface area contributed by atoms with E-state index in [0.29, 0.717) is 0 Å². The second kappa shape index (κ2) is 8.66. The minimum absolute atomic E-state index is 0.0893. The molecular weight excluding hydrogens is 422 g/mol. The van der Waals surface area contributed by atoms with Gasteiger partial charge in [0.15, 0.2) is 0 Å². The van der Waals surface area contributed by atoms with Gasteiger partial charge in [0.2, 0.25) is 5.91 Å². The van der Waals surface area contributed by atoms with Gasteiger partial charge in [-0.2, -0.15) is 0 Å². The number of rotatable bonds is 5. The number of amides is 2. The van der Waals surface area contributed by atoms with Gasteiger partial charge in [0.05, 0.1) is 22.2 Å². The second-order valence-corrected chi connectivity index (χ2v) is 9.06. The van der Waals surface area contributed by atoms with Crippen LogP contribution in [0.2, 0.25) is 10.0 Å². The normalized spacial score (nSPS) is 26.9. The van der Waals surface area contributed by atoms with Crippen molar-refractivity contribution in [2.75, 3.05) is 0 Å². The molecule has 0 spiro atoms. The van der Waals surface area contributed by atoms with Crippen molar-refractivity contribution < 1.29 is 23.8 Å². The van der Waals surface area contributed by atoms with E-state index in [1.165, 1.54) is 12.1 Å². The molecule has 2 unspecified atom stereocenters. The summed E-state index contributed by atoms with van der Waals surface area (Å²) < 4.78 is 19.7. The summed E-state index contributed by atoms with van der Waals surface area (Å²) in [7, 11) is 0. The van der Waals surface area contributed by atoms with E-state index in [2.05, 4.69) is 5.32 Å². The molecule has 0 radical (unpaired) electrons. The number of hydrogen-bond donors (Lipinski definition) is 3. The number of hydrogen-bond acceptors (Lipinski definition) is 4. The molecule has 9 heteroatoms. The van der Waals surface area contributed by atoms with Crippen molar-refractivity contribution in [1.29, 1.82) is 0 Å². The Morgan fingerprint density at radius 1 is 1.31 bits per heavy atom. The van der Waals surface area contributed by atoms with Crippen molar-refractivity contribution >= 4 is 35.2 Å². The Hall–Kier alpha value is -1.57. The predicted octanol–water partition coefficient (Wildman–Crippen LogP) is 4.10. The number of carbonyl (C=O) groups is 2. The Labute approximate surface area is 178 Å². The maximum atomic E-state index is 14.8. The molecule has 4 atom stereocenters. The van der Waals surface area contributed by atoms with Crippen molar-refractivity contribution in [1.82, 2.24) is 5.32 Å². The van der Waals surface area contributed by atoms with Crippen LogP contribution < -0.4 is 11.1 Å². The van der Waals surface area contributed by atoms with E-state index in [-0.39, 0.29) is 39.8 Å². The van der Waals surface area contributed by atoms with Gasteiger partial charge in [-0.3, -0.25) is 4.79 Å². The SMILES string of the molecule is CC1(C(NC(=O)C2C[C@@H](O)[C@H](OC(N)=O)C2)c2c(F)ccc(Cl)c2Cl)CCCC1. The van der Waals surface area contributed by atoms with E-state index in [1.807, 2.05) is 6.92 Å². The van der Waals surface area contributed by atoms with Crippen LogP contribution in [0.1, 0.15) is 57.1 Å². The number of primary amides is 1. The van der Waals surface area contributed by atoms with E-state index < -0.39 is 36.1 Å². The molecule has 2 aliphatic carbocycles. The molecule has 2 fully saturated rings. The van der Waals surface area contributed by atoms with Crippen LogP contribution in [0.5, 0.6) is 0 Å². The Morgan fingerprint density at radius 2 is 1.97 bits per heavy atom. The molecule has 6 nitrogen and oxygen atoms in total. The van der Waals surface area contributed by atoms with Crippen LogP contribution in [0.4, 0.5) is 9.18 Å². The van der Waals surface area contributed by atoms with Gasteiger partial charge >= 0.3 is 6.09 Å². The molecule has 1 aromatic rings. The average Bonchev–Trinajstić information content (AvgIpc) is 3.24. The highest BCUT2D eigenvalue weighted by atomic mass is 35.5. The lowest BCUT2D eigenvalue weighted by molar-refractivity contribution is -0.127. The third kappa shape index (κ3) is 4.62. The first-order chi connectivity index (χ1) is 13.6. The highest BCUT2D eigenvalue weighted by Gasteiger charge is 2.44. The van der Waals surface area contributed by atoms with Crippen LogP contribution in [-0.4, -0.2) is 29.3 Å². The summed E-state index contributed by atoms with van der Waals surface area (Å²) in [5.41, 5.74) is 4.82.